The first-order valence-corrected chi connectivity index (χ1v) is 7.20. The summed E-state index contributed by atoms with van der Waals surface area (Å²) in [6.07, 6.45) is 0. The third kappa shape index (κ3) is 6.78. The third-order valence-corrected chi connectivity index (χ3v) is 3.61. The van der Waals surface area contributed by atoms with Crippen LogP contribution in [0.4, 0.5) is 0 Å². The predicted octanol–water partition coefficient (Wildman–Crippen LogP) is 1.72. The van der Waals surface area contributed by atoms with E-state index in [1.54, 1.807) is 0 Å². The van der Waals surface area contributed by atoms with Gasteiger partial charge in [-0.15, -0.1) is 11.3 Å². The SMILES string of the molecule is CCN(CCNCCN(C)C)Cc1cccs1. The van der Waals surface area contributed by atoms with Crippen molar-refractivity contribution in [3.63, 3.8) is 0 Å². The molecular weight excluding hydrogens is 230 g/mol. The molecule has 17 heavy (non-hydrogen) atoms. The average molecular weight is 255 g/mol. The zero-order valence-electron chi connectivity index (χ0n) is 11.3. The van der Waals surface area contributed by atoms with Gasteiger partial charge in [-0.05, 0) is 32.1 Å². The Hall–Kier alpha value is -0.420. The van der Waals surface area contributed by atoms with Crippen molar-refractivity contribution in [3.8, 4) is 0 Å². The van der Waals surface area contributed by atoms with Crippen LogP contribution in [0.2, 0.25) is 0 Å². The molecule has 0 saturated carbocycles. The highest BCUT2D eigenvalue weighted by Crippen LogP contribution is 2.11. The molecule has 0 aliphatic heterocycles. The van der Waals surface area contributed by atoms with E-state index < -0.39 is 0 Å². The number of hydrogen-bond acceptors (Lipinski definition) is 4. The van der Waals surface area contributed by atoms with E-state index in [2.05, 4.69) is 53.6 Å². The van der Waals surface area contributed by atoms with Gasteiger partial charge in [-0.1, -0.05) is 13.0 Å². The maximum Gasteiger partial charge on any atom is 0.0328 e. The Morgan fingerprint density at radius 3 is 2.59 bits per heavy atom. The van der Waals surface area contributed by atoms with E-state index in [0.717, 1.165) is 39.3 Å². The van der Waals surface area contributed by atoms with Crippen LogP contribution in [-0.2, 0) is 6.54 Å². The lowest BCUT2D eigenvalue weighted by Gasteiger charge is -2.20. The van der Waals surface area contributed by atoms with Gasteiger partial charge in [-0.3, -0.25) is 4.90 Å². The fourth-order valence-corrected chi connectivity index (χ4v) is 2.38. The molecule has 1 aromatic rings. The van der Waals surface area contributed by atoms with Crippen molar-refractivity contribution < 1.29 is 0 Å². The number of nitrogens with zero attached hydrogens (tertiary/aromatic N) is 2. The minimum absolute atomic E-state index is 1.07. The maximum absolute atomic E-state index is 3.48. The van der Waals surface area contributed by atoms with E-state index in [4.69, 9.17) is 0 Å². The molecular formula is C13H25N3S. The van der Waals surface area contributed by atoms with Crippen LogP contribution in [0, 0.1) is 0 Å². The second kappa shape index (κ2) is 8.64. The molecule has 1 heterocycles. The molecule has 0 spiro atoms. The summed E-state index contributed by atoms with van der Waals surface area (Å²) >= 11 is 1.85. The highest BCUT2D eigenvalue weighted by atomic mass is 32.1. The smallest absolute Gasteiger partial charge is 0.0328 e. The molecule has 0 radical (unpaired) electrons. The molecule has 0 aliphatic rings. The second-order valence-electron chi connectivity index (χ2n) is 4.50. The normalized spacial score (nSPS) is 11.6. The summed E-state index contributed by atoms with van der Waals surface area (Å²) in [5.41, 5.74) is 0. The minimum atomic E-state index is 1.07. The molecule has 1 rings (SSSR count). The minimum Gasteiger partial charge on any atom is -0.314 e. The summed E-state index contributed by atoms with van der Waals surface area (Å²) in [4.78, 5) is 6.14. The maximum atomic E-state index is 3.48. The van der Waals surface area contributed by atoms with Crippen molar-refractivity contribution in [3.05, 3.63) is 22.4 Å². The number of likely N-dealkylation sites (N-methyl/N-ethyl adjacent to an activating group) is 2. The second-order valence-corrected chi connectivity index (χ2v) is 5.53. The van der Waals surface area contributed by atoms with Crippen molar-refractivity contribution in [1.29, 1.82) is 0 Å². The van der Waals surface area contributed by atoms with Gasteiger partial charge in [-0.2, -0.15) is 0 Å². The molecule has 0 fully saturated rings. The Kier molecular flexibility index (Phi) is 7.44. The van der Waals surface area contributed by atoms with Crippen molar-refractivity contribution in [1.82, 2.24) is 15.1 Å². The van der Waals surface area contributed by atoms with E-state index in [-0.39, 0.29) is 0 Å². The zero-order valence-corrected chi connectivity index (χ0v) is 12.1. The first-order valence-electron chi connectivity index (χ1n) is 6.32. The van der Waals surface area contributed by atoms with Crippen LogP contribution < -0.4 is 5.32 Å². The lowest BCUT2D eigenvalue weighted by molar-refractivity contribution is 0.279. The molecule has 0 bridgehead atoms. The largest absolute Gasteiger partial charge is 0.314 e. The quantitative estimate of drug-likeness (QED) is 0.678. The lowest BCUT2D eigenvalue weighted by atomic mass is 10.4. The first kappa shape index (κ1) is 14.6. The monoisotopic (exact) mass is 255 g/mol. The van der Waals surface area contributed by atoms with Crippen LogP contribution in [0.15, 0.2) is 17.5 Å². The fraction of sp³-hybridized carbons (Fsp3) is 0.692. The molecule has 1 N–H and O–H groups in total. The van der Waals surface area contributed by atoms with Gasteiger partial charge in [0, 0.05) is 37.6 Å². The molecule has 3 nitrogen and oxygen atoms in total. The molecule has 0 amide bonds. The van der Waals surface area contributed by atoms with E-state index in [0.29, 0.717) is 0 Å². The Bertz CT molecular complexity index is 272. The van der Waals surface area contributed by atoms with E-state index in [1.165, 1.54) is 4.88 Å². The van der Waals surface area contributed by atoms with Gasteiger partial charge in [0.15, 0.2) is 0 Å². The topological polar surface area (TPSA) is 18.5 Å². The summed E-state index contributed by atoms with van der Waals surface area (Å²) in [5, 5.41) is 5.63. The van der Waals surface area contributed by atoms with Crippen LogP contribution in [-0.4, -0.2) is 56.6 Å². The Morgan fingerprint density at radius 1 is 1.24 bits per heavy atom. The first-order chi connectivity index (χ1) is 8.22. The molecule has 0 saturated heterocycles. The molecule has 0 aromatic carbocycles. The van der Waals surface area contributed by atoms with Gasteiger partial charge in [-0.25, -0.2) is 0 Å². The Labute approximate surface area is 109 Å². The molecule has 1 aromatic heterocycles. The fourth-order valence-electron chi connectivity index (χ4n) is 1.64. The van der Waals surface area contributed by atoms with Crippen molar-refractivity contribution in [2.45, 2.75) is 13.5 Å². The van der Waals surface area contributed by atoms with Gasteiger partial charge in [0.1, 0.15) is 0 Å². The molecule has 0 atom stereocenters. The van der Waals surface area contributed by atoms with Crippen molar-refractivity contribution in [2.24, 2.45) is 0 Å². The zero-order chi connectivity index (χ0) is 12.5. The van der Waals surface area contributed by atoms with Crippen LogP contribution in [0.25, 0.3) is 0 Å². The summed E-state index contributed by atoms with van der Waals surface area (Å²) in [7, 11) is 4.22. The Balaban J connectivity index is 2.10. The number of thiophene rings is 1. The van der Waals surface area contributed by atoms with Gasteiger partial charge < -0.3 is 10.2 Å². The highest BCUT2D eigenvalue weighted by Gasteiger charge is 2.03. The molecule has 98 valence electrons. The van der Waals surface area contributed by atoms with E-state index in [1.807, 2.05) is 11.3 Å². The average Bonchev–Trinajstić information content (AvgIpc) is 2.79. The van der Waals surface area contributed by atoms with Crippen molar-refractivity contribution >= 4 is 11.3 Å². The summed E-state index contributed by atoms with van der Waals surface area (Å²) < 4.78 is 0. The van der Waals surface area contributed by atoms with Gasteiger partial charge in [0.2, 0.25) is 0 Å². The van der Waals surface area contributed by atoms with E-state index in [9.17, 15) is 0 Å². The summed E-state index contributed by atoms with van der Waals surface area (Å²) in [5.74, 6) is 0. The standard InChI is InChI=1S/C13H25N3S/c1-4-16(12-13-6-5-11-17-13)10-8-14-7-9-15(2)3/h5-6,11,14H,4,7-10,12H2,1-3H3. The summed E-state index contributed by atoms with van der Waals surface area (Å²) in [6.45, 7) is 8.82. The molecule has 0 unspecified atom stereocenters. The van der Waals surface area contributed by atoms with Gasteiger partial charge >= 0.3 is 0 Å². The van der Waals surface area contributed by atoms with Gasteiger partial charge in [0.05, 0.1) is 0 Å². The van der Waals surface area contributed by atoms with Crippen LogP contribution in [0.5, 0.6) is 0 Å². The van der Waals surface area contributed by atoms with Crippen molar-refractivity contribution in [2.75, 3.05) is 46.8 Å². The number of rotatable bonds is 9. The van der Waals surface area contributed by atoms with E-state index >= 15 is 0 Å². The van der Waals surface area contributed by atoms with Crippen LogP contribution in [0.1, 0.15) is 11.8 Å². The molecule has 4 heteroatoms. The molecule has 0 aliphatic carbocycles. The van der Waals surface area contributed by atoms with Gasteiger partial charge in [0.25, 0.3) is 0 Å². The third-order valence-electron chi connectivity index (χ3n) is 2.75. The summed E-state index contributed by atoms with van der Waals surface area (Å²) in [6, 6.07) is 4.34. The Morgan fingerprint density at radius 2 is 2.00 bits per heavy atom. The van der Waals surface area contributed by atoms with Crippen LogP contribution >= 0.6 is 11.3 Å². The number of hydrogen-bond donors (Lipinski definition) is 1. The predicted molar refractivity (Wildman–Crippen MR) is 76.7 cm³/mol. The van der Waals surface area contributed by atoms with Crippen LogP contribution in [0.3, 0.4) is 0 Å². The highest BCUT2D eigenvalue weighted by molar-refractivity contribution is 7.09. The number of nitrogens with one attached hydrogen (secondary N) is 1. The lowest BCUT2D eigenvalue weighted by Crippen LogP contribution is -2.34.